The van der Waals surface area contributed by atoms with Crippen molar-refractivity contribution in [2.24, 2.45) is 0 Å². The van der Waals surface area contributed by atoms with Crippen LogP contribution in [0.2, 0.25) is 0 Å². The van der Waals surface area contributed by atoms with E-state index in [1.54, 1.807) is 0 Å². The van der Waals surface area contributed by atoms with Gasteiger partial charge in [-0.2, -0.15) is 0 Å². The van der Waals surface area contributed by atoms with Gasteiger partial charge >= 0.3 is 0 Å². The summed E-state index contributed by atoms with van der Waals surface area (Å²) < 4.78 is 34.0. The topological polar surface area (TPSA) is 55.4 Å². The number of hydrogen-bond donors (Lipinski definition) is 0. The van der Waals surface area contributed by atoms with Crippen molar-refractivity contribution in [3.8, 4) is 0 Å². The van der Waals surface area contributed by atoms with Crippen LogP contribution in [-0.2, 0) is 28.4 Å². The van der Waals surface area contributed by atoms with Crippen LogP contribution < -0.4 is 0 Å². The van der Waals surface area contributed by atoms with E-state index in [4.69, 9.17) is 28.4 Å². The molecular weight excluding hydrogens is 288 g/mol. The monoisotopic (exact) mass is 318 g/mol. The van der Waals surface area contributed by atoms with Crippen molar-refractivity contribution >= 4 is 0 Å². The van der Waals surface area contributed by atoms with Gasteiger partial charge in [-0.05, 0) is 26.2 Å². The second kappa shape index (κ2) is 10.5. The van der Waals surface area contributed by atoms with Gasteiger partial charge < -0.3 is 28.4 Å². The fourth-order valence-corrected chi connectivity index (χ4v) is 2.51. The van der Waals surface area contributed by atoms with Crippen LogP contribution in [0.4, 0.5) is 0 Å². The number of rotatable bonds is 4. The second-order valence-electron chi connectivity index (χ2n) is 6.08. The predicted molar refractivity (Wildman–Crippen MR) is 81.2 cm³/mol. The van der Waals surface area contributed by atoms with E-state index < -0.39 is 5.60 Å². The van der Waals surface area contributed by atoms with Gasteiger partial charge in [0.2, 0.25) is 0 Å². The highest BCUT2D eigenvalue weighted by molar-refractivity contribution is 4.75. The SMILES string of the molecule is CC1(COCC2CCCO2)COCCOCCOCCCO1. The zero-order valence-electron chi connectivity index (χ0n) is 13.7. The number of hydrogen-bond acceptors (Lipinski definition) is 6. The van der Waals surface area contributed by atoms with Crippen molar-refractivity contribution in [1.29, 1.82) is 0 Å². The Morgan fingerprint density at radius 2 is 1.68 bits per heavy atom. The quantitative estimate of drug-likeness (QED) is 0.781. The smallest absolute Gasteiger partial charge is 0.112 e. The van der Waals surface area contributed by atoms with Crippen LogP contribution in [0.5, 0.6) is 0 Å². The molecule has 2 rings (SSSR count). The van der Waals surface area contributed by atoms with Crippen LogP contribution in [0.1, 0.15) is 26.2 Å². The van der Waals surface area contributed by atoms with Gasteiger partial charge in [-0.15, -0.1) is 0 Å². The molecule has 130 valence electrons. The molecule has 0 aliphatic carbocycles. The minimum absolute atomic E-state index is 0.237. The van der Waals surface area contributed by atoms with Crippen LogP contribution in [0.25, 0.3) is 0 Å². The Morgan fingerprint density at radius 1 is 0.909 bits per heavy atom. The molecule has 0 aromatic rings. The second-order valence-corrected chi connectivity index (χ2v) is 6.08. The summed E-state index contributed by atoms with van der Waals surface area (Å²) in [4.78, 5) is 0. The molecule has 2 saturated heterocycles. The maximum Gasteiger partial charge on any atom is 0.112 e. The van der Waals surface area contributed by atoms with Gasteiger partial charge in [-0.3, -0.25) is 0 Å². The van der Waals surface area contributed by atoms with Crippen LogP contribution >= 0.6 is 0 Å². The predicted octanol–water partition coefficient (Wildman–Crippen LogP) is 1.41. The Hall–Kier alpha value is -0.240. The van der Waals surface area contributed by atoms with E-state index in [-0.39, 0.29) is 6.10 Å². The Morgan fingerprint density at radius 3 is 2.45 bits per heavy atom. The molecule has 0 bridgehead atoms. The molecule has 2 atom stereocenters. The van der Waals surface area contributed by atoms with Crippen LogP contribution in [0, 0.1) is 0 Å². The van der Waals surface area contributed by atoms with Gasteiger partial charge in [0.15, 0.2) is 0 Å². The Bertz CT molecular complexity index is 266. The molecule has 0 radical (unpaired) electrons. The molecule has 6 heteroatoms. The molecular formula is C16H30O6. The third kappa shape index (κ3) is 7.35. The van der Waals surface area contributed by atoms with Gasteiger partial charge in [0.1, 0.15) is 5.60 Å². The zero-order chi connectivity index (χ0) is 15.5. The molecule has 0 amide bonds. The summed E-state index contributed by atoms with van der Waals surface area (Å²) in [5, 5.41) is 0. The van der Waals surface area contributed by atoms with Crippen molar-refractivity contribution in [3.05, 3.63) is 0 Å². The Balaban J connectivity index is 1.71. The summed E-state index contributed by atoms with van der Waals surface area (Å²) in [5.74, 6) is 0. The van der Waals surface area contributed by atoms with Crippen molar-refractivity contribution in [1.82, 2.24) is 0 Å². The molecule has 6 nitrogen and oxygen atoms in total. The average Bonchev–Trinajstić information content (AvgIpc) is 3.01. The highest BCUT2D eigenvalue weighted by atomic mass is 16.6. The van der Waals surface area contributed by atoms with Gasteiger partial charge in [-0.25, -0.2) is 0 Å². The molecule has 22 heavy (non-hydrogen) atoms. The maximum absolute atomic E-state index is 6.00. The Kier molecular flexibility index (Phi) is 8.66. The van der Waals surface area contributed by atoms with E-state index in [1.165, 1.54) is 0 Å². The van der Waals surface area contributed by atoms with Crippen LogP contribution in [-0.4, -0.2) is 77.8 Å². The van der Waals surface area contributed by atoms with E-state index in [9.17, 15) is 0 Å². The van der Waals surface area contributed by atoms with Gasteiger partial charge in [0.25, 0.3) is 0 Å². The summed E-state index contributed by atoms with van der Waals surface area (Å²) in [6, 6.07) is 0. The molecule has 2 aliphatic heterocycles. The van der Waals surface area contributed by atoms with Gasteiger partial charge in [-0.1, -0.05) is 0 Å². The maximum atomic E-state index is 6.00. The lowest BCUT2D eigenvalue weighted by Gasteiger charge is -2.30. The fraction of sp³-hybridized carbons (Fsp3) is 1.00. The molecule has 0 aromatic heterocycles. The largest absolute Gasteiger partial charge is 0.379 e. The average molecular weight is 318 g/mol. The fourth-order valence-electron chi connectivity index (χ4n) is 2.51. The van der Waals surface area contributed by atoms with Crippen molar-refractivity contribution in [2.75, 3.05) is 66.1 Å². The first-order chi connectivity index (χ1) is 10.8. The summed E-state index contributed by atoms with van der Waals surface area (Å²) in [7, 11) is 0. The van der Waals surface area contributed by atoms with Crippen molar-refractivity contribution in [2.45, 2.75) is 37.9 Å². The molecule has 0 aromatic carbocycles. The highest BCUT2D eigenvalue weighted by Crippen LogP contribution is 2.16. The first-order valence-electron chi connectivity index (χ1n) is 8.35. The van der Waals surface area contributed by atoms with Crippen LogP contribution in [0.3, 0.4) is 0 Å². The molecule has 0 saturated carbocycles. The summed E-state index contributed by atoms with van der Waals surface area (Å²) in [6.07, 6.45) is 3.32. The third-order valence-corrected chi connectivity index (χ3v) is 3.77. The Labute approximate surface area is 133 Å². The summed E-state index contributed by atoms with van der Waals surface area (Å²) in [5.41, 5.74) is -0.438. The summed E-state index contributed by atoms with van der Waals surface area (Å²) >= 11 is 0. The minimum atomic E-state index is -0.438. The highest BCUT2D eigenvalue weighted by Gasteiger charge is 2.27. The normalized spacial score (nSPS) is 32.9. The van der Waals surface area contributed by atoms with Crippen molar-refractivity contribution in [3.63, 3.8) is 0 Å². The first kappa shape index (κ1) is 18.1. The lowest BCUT2D eigenvalue weighted by molar-refractivity contribution is -0.136. The van der Waals surface area contributed by atoms with E-state index >= 15 is 0 Å². The number of ether oxygens (including phenoxy) is 6. The van der Waals surface area contributed by atoms with E-state index in [0.717, 1.165) is 25.9 Å². The molecule has 2 heterocycles. The van der Waals surface area contributed by atoms with Gasteiger partial charge in [0, 0.05) is 19.8 Å². The summed E-state index contributed by atoms with van der Waals surface area (Å²) in [6.45, 7) is 8.24. The minimum Gasteiger partial charge on any atom is -0.379 e. The zero-order valence-corrected chi connectivity index (χ0v) is 13.7. The van der Waals surface area contributed by atoms with E-state index in [1.807, 2.05) is 6.92 Å². The molecule has 0 N–H and O–H groups in total. The van der Waals surface area contributed by atoms with Crippen LogP contribution in [0.15, 0.2) is 0 Å². The molecule has 2 unspecified atom stereocenters. The third-order valence-electron chi connectivity index (χ3n) is 3.77. The lowest BCUT2D eigenvalue weighted by Crippen LogP contribution is -2.41. The lowest BCUT2D eigenvalue weighted by atomic mass is 10.1. The van der Waals surface area contributed by atoms with E-state index in [2.05, 4.69) is 0 Å². The van der Waals surface area contributed by atoms with Gasteiger partial charge in [0.05, 0.1) is 52.4 Å². The van der Waals surface area contributed by atoms with Crippen molar-refractivity contribution < 1.29 is 28.4 Å². The standard InChI is InChI=1S/C16H30O6/c1-16(14-20-12-15-4-2-6-21-15)13-19-11-10-18-9-8-17-5-3-7-22-16/h15H,2-14H2,1H3. The molecule has 2 fully saturated rings. The van der Waals surface area contributed by atoms with E-state index in [0.29, 0.717) is 59.5 Å². The first-order valence-corrected chi connectivity index (χ1v) is 8.35. The molecule has 2 aliphatic rings. The molecule has 0 spiro atoms.